The molecule has 2 saturated heterocycles. The van der Waals surface area contributed by atoms with Crippen LogP contribution in [0.15, 0.2) is 48.8 Å². The lowest BCUT2D eigenvalue weighted by Crippen LogP contribution is -2.53. The molecule has 2 aliphatic rings. The number of benzene rings is 1. The molecule has 2 aliphatic heterocycles. The summed E-state index contributed by atoms with van der Waals surface area (Å²) in [5.41, 5.74) is 4.45. The van der Waals surface area contributed by atoms with Crippen molar-refractivity contribution in [2.45, 2.75) is 39.2 Å². The molecule has 5 rings (SSSR count). The normalized spacial score (nSPS) is 19.3. The van der Waals surface area contributed by atoms with E-state index in [2.05, 4.69) is 56.3 Å². The summed E-state index contributed by atoms with van der Waals surface area (Å²) >= 11 is 0. The summed E-state index contributed by atoms with van der Waals surface area (Å²) in [6, 6.07) is 12.6. The Kier molecular flexibility index (Phi) is 4.53. The highest BCUT2D eigenvalue weighted by Crippen LogP contribution is 2.42. The molecule has 150 valence electrons. The lowest BCUT2D eigenvalue weighted by atomic mass is 9.71. The van der Waals surface area contributed by atoms with E-state index in [1.54, 1.807) is 0 Å². The van der Waals surface area contributed by atoms with Crippen LogP contribution in [0, 0.1) is 12.3 Å². The van der Waals surface area contributed by atoms with Gasteiger partial charge in [-0.25, -0.2) is 0 Å². The molecule has 1 amide bonds. The van der Waals surface area contributed by atoms with E-state index in [-0.39, 0.29) is 5.41 Å². The minimum Gasteiger partial charge on any atom is -0.371 e. The molecule has 2 aromatic heterocycles. The molecule has 0 saturated carbocycles. The van der Waals surface area contributed by atoms with Crippen molar-refractivity contribution in [2.75, 3.05) is 24.5 Å². The third-order valence-corrected chi connectivity index (χ3v) is 6.83. The molecule has 0 radical (unpaired) electrons. The van der Waals surface area contributed by atoms with E-state index < -0.39 is 0 Å². The number of carbonyl (C=O) groups excluding carboxylic acids is 1. The lowest BCUT2D eigenvalue weighted by molar-refractivity contribution is -0.148. The smallest absolute Gasteiger partial charge is 0.229 e. The summed E-state index contributed by atoms with van der Waals surface area (Å²) in [6.07, 6.45) is 7.95. The molecule has 1 spiro atoms. The molecule has 29 heavy (non-hydrogen) atoms. The van der Waals surface area contributed by atoms with Gasteiger partial charge < -0.3 is 14.8 Å². The number of para-hydroxylation sites is 1. The summed E-state index contributed by atoms with van der Waals surface area (Å²) in [6.45, 7) is 5.49. The molecule has 0 bridgehead atoms. The topological polar surface area (TPSA) is 52.2 Å². The average molecular weight is 389 g/mol. The Hall–Kier alpha value is -2.82. The highest BCUT2D eigenvalue weighted by molar-refractivity contribution is 5.86. The molecule has 4 heterocycles. The zero-order valence-corrected chi connectivity index (χ0v) is 17.0. The van der Waals surface area contributed by atoms with E-state index in [9.17, 15) is 4.79 Å². The quantitative estimate of drug-likeness (QED) is 0.729. The summed E-state index contributed by atoms with van der Waals surface area (Å²) < 4.78 is 0. The predicted octanol–water partition coefficient (Wildman–Crippen LogP) is 4.28. The van der Waals surface area contributed by atoms with Crippen LogP contribution in [0.2, 0.25) is 0 Å². The van der Waals surface area contributed by atoms with Gasteiger partial charge >= 0.3 is 0 Å². The van der Waals surface area contributed by atoms with Crippen LogP contribution in [0.25, 0.3) is 10.9 Å². The maximum Gasteiger partial charge on any atom is 0.229 e. The number of pyridine rings is 1. The summed E-state index contributed by atoms with van der Waals surface area (Å²) in [5, 5.41) is 1.22. The first kappa shape index (κ1) is 18.2. The fourth-order valence-electron chi connectivity index (χ4n) is 5.16. The zero-order chi connectivity index (χ0) is 19.8. The van der Waals surface area contributed by atoms with Crippen LogP contribution >= 0.6 is 0 Å². The third-order valence-electron chi connectivity index (χ3n) is 6.83. The van der Waals surface area contributed by atoms with E-state index in [4.69, 9.17) is 0 Å². The van der Waals surface area contributed by atoms with Crippen LogP contribution in [0.3, 0.4) is 0 Å². The molecule has 5 nitrogen and oxygen atoms in total. The van der Waals surface area contributed by atoms with Crippen LogP contribution in [-0.4, -0.2) is 40.4 Å². The lowest BCUT2D eigenvalue weighted by Gasteiger charge is -2.47. The van der Waals surface area contributed by atoms with E-state index in [0.717, 1.165) is 56.5 Å². The Morgan fingerprint density at radius 3 is 2.76 bits per heavy atom. The maximum atomic E-state index is 13.5. The van der Waals surface area contributed by atoms with Crippen LogP contribution in [-0.2, 0) is 11.3 Å². The largest absolute Gasteiger partial charge is 0.371 e. The SMILES string of the molecule is Cc1cc(N2CCC3(CCCN(Cc4c[nH]c5ccccc45)C3=O)CC2)ccn1. The molecule has 5 heteroatoms. The van der Waals surface area contributed by atoms with Gasteiger partial charge in [0.15, 0.2) is 0 Å². The van der Waals surface area contributed by atoms with Gasteiger partial charge in [-0.1, -0.05) is 18.2 Å². The molecule has 3 aromatic rings. The molecule has 1 aromatic carbocycles. The molecule has 0 atom stereocenters. The first-order chi connectivity index (χ1) is 14.1. The van der Waals surface area contributed by atoms with Gasteiger partial charge in [-0.3, -0.25) is 9.78 Å². The van der Waals surface area contributed by atoms with Crippen molar-refractivity contribution < 1.29 is 4.79 Å². The van der Waals surface area contributed by atoms with Gasteiger partial charge in [0, 0.05) is 60.9 Å². The van der Waals surface area contributed by atoms with Crippen LogP contribution in [0.5, 0.6) is 0 Å². The van der Waals surface area contributed by atoms with Gasteiger partial charge in [-0.05, 0) is 56.4 Å². The number of rotatable bonds is 3. The van der Waals surface area contributed by atoms with Crippen LogP contribution in [0.1, 0.15) is 36.9 Å². The van der Waals surface area contributed by atoms with Crippen molar-refractivity contribution in [2.24, 2.45) is 5.41 Å². The van der Waals surface area contributed by atoms with Gasteiger partial charge in [0.05, 0.1) is 5.41 Å². The van der Waals surface area contributed by atoms with Crippen molar-refractivity contribution in [1.29, 1.82) is 0 Å². The van der Waals surface area contributed by atoms with E-state index in [1.165, 1.54) is 16.6 Å². The first-order valence-corrected chi connectivity index (χ1v) is 10.7. The second kappa shape index (κ2) is 7.21. The maximum absolute atomic E-state index is 13.5. The number of fused-ring (bicyclic) bond motifs is 1. The highest BCUT2D eigenvalue weighted by Gasteiger charge is 2.45. The third kappa shape index (κ3) is 3.28. The number of nitrogens with zero attached hydrogens (tertiary/aromatic N) is 3. The van der Waals surface area contributed by atoms with Crippen LogP contribution < -0.4 is 4.90 Å². The van der Waals surface area contributed by atoms with Crippen molar-refractivity contribution in [3.8, 4) is 0 Å². The Morgan fingerprint density at radius 2 is 1.93 bits per heavy atom. The Morgan fingerprint density at radius 1 is 1.10 bits per heavy atom. The fourth-order valence-corrected chi connectivity index (χ4v) is 5.16. The predicted molar refractivity (Wildman–Crippen MR) is 116 cm³/mol. The summed E-state index contributed by atoms with van der Waals surface area (Å²) in [7, 11) is 0. The number of hydrogen-bond acceptors (Lipinski definition) is 3. The average Bonchev–Trinajstić information content (AvgIpc) is 3.15. The molecule has 1 N–H and O–H groups in total. The zero-order valence-electron chi connectivity index (χ0n) is 17.0. The second-order valence-corrected chi connectivity index (χ2v) is 8.61. The summed E-state index contributed by atoms with van der Waals surface area (Å²) in [4.78, 5) is 25.7. The number of amides is 1. The van der Waals surface area contributed by atoms with Crippen molar-refractivity contribution in [3.05, 3.63) is 60.0 Å². The molecular weight excluding hydrogens is 360 g/mol. The number of aromatic nitrogens is 2. The van der Waals surface area contributed by atoms with Crippen LogP contribution in [0.4, 0.5) is 5.69 Å². The standard InChI is InChI=1S/C24H28N4O/c1-18-15-20(7-11-25-18)27-13-9-24(10-14-27)8-4-12-28(23(24)29)17-19-16-26-22-6-3-2-5-21(19)22/h2-3,5-7,11,15-16,26H,4,8-10,12-14,17H2,1H3. The first-order valence-electron chi connectivity index (χ1n) is 10.7. The molecule has 0 unspecified atom stereocenters. The Balaban J connectivity index is 1.31. The van der Waals surface area contributed by atoms with Crippen molar-refractivity contribution >= 4 is 22.5 Å². The number of carbonyl (C=O) groups is 1. The van der Waals surface area contributed by atoms with Crippen molar-refractivity contribution in [3.63, 3.8) is 0 Å². The van der Waals surface area contributed by atoms with E-state index in [0.29, 0.717) is 12.5 Å². The Bertz CT molecular complexity index is 1030. The minimum absolute atomic E-state index is 0.178. The minimum atomic E-state index is -0.178. The van der Waals surface area contributed by atoms with Crippen molar-refractivity contribution in [1.82, 2.24) is 14.9 Å². The van der Waals surface area contributed by atoms with Gasteiger partial charge in [-0.2, -0.15) is 0 Å². The number of nitrogens with one attached hydrogen (secondary N) is 1. The monoisotopic (exact) mass is 388 g/mol. The number of H-pyrrole nitrogens is 1. The molecule has 2 fully saturated rings. The molecular formula is C24H28N4O. The summed E-state index contributed by atoms with van der Waals surface area (Å²) in [5.74, 6) is 0.361. The van der Waals surface area contributed by atoms with E-state index in [1.807, 2.05) is 19.2 Å². The highest BCUT2D eigenvalue weighted by atomic mass is 16.2. The van der Waals surface area contributed by atoms with Gasteiger partial charge in [0.2, 0.25) is 5.91 Å². The van der Waals surface area contributed by atoms with Gasteiger partial charge in [0.1, 0.15) is 0 Å². The van der Waals surface area contributed by atoms with Gasteiger partial charge in [0.25, 0.3) is 0 Å². The Labute approximate surface area is 171 Å². The number of piperidine rings is 2. The van der Waals surface area contributed by atoms with Gasteiger partial charge in [-0.15, -0.1) is 0 Å². The van der Waals surface area contributed by atoms with E-state index >= 15 is 0 Å². The number of likely N-dealkylation sites (tertiary alicyclic amines) is 1. The fraction of sp³-hybridized carbons (Fsp3) is 0.417. The molecule has 0 aliphatic carbocycles. The number of hydrogen-bond donors (Lipinski definition) is 1. The second-order valence-electron chi connectivity index (χ2n) is 8.61. The number of anilines is 1. The number of aryl methyl sites for hydroxylation is 1. The number of aromatic amines is 1.